The number of fused-ring (bicyclic) bond motifs is 3. The minimum absolute atomic E-state index is 0.0428. The molecule has 0 saturated carbocycles. The van der Waals surface area contributed by atoms with Gasteiger partial charge in [-0.2, -0.15) is 28.1 Å². The summed E-state index contributed by atoms with van der Waals surface area (Å²) in [5.41, 5.74) is 10.5. The number of aryl methyl sites for hydroxylation is 6. The molecule has 6 aromatic heterocycles. The molecular weight excluding hydrogens is 1350 g/mol. The Morgan fingerprint density at radius 2 is 0.667 bits per heavy atom. The lowest BCUT2D eigenvalue weighted by molar-refractivity contribution is 0.271. The number of piperazine rings is 3. The molecule has 3 fully saturated rings. The lowest BCUT2D eigenvalue weighted by atomic mass is 10.2. The van der Waals surface area contributed by atoms with E-state index in [1.165, 1.54) is 37.2 Å². The van der Waals surface area contributed by atoms with Gasteiger partial charge in [0.25, 0.3) is 17.6 Å². The first-order chi connectivity index (χ1) is 51.0. The third-order valence-corrected chi connectivity index (χ3v) is 19.3. The van der Waals surface area contributed by atoms with Crippen LogP contribution in [0.25, 0.3) is 32.7 Å². The predicted molar refractivity (Wildman–Crippen MR) is 401 cm³/mol. The van der Waals surface area contributed by atoms with Crippen molar-refractivity contribution in [3.63, 3.8) is 0 Å². The van der Waals surface area contributed by atoms with Crippen molar-refractivity contribution in [3.8, 4) is 34.9 Å². The highest BCUT2D eigenvalue weighted by Crippen LogP contribution is 2.38. The lowest BCUT2D eigenvalue weighted by Crippen LogP contribution is -2.46. The average molecular weight is 1440 g/mol. The summed E-state index contributed by atoms with van der Waals surface area (Å²) in [5, 5.41) is 13.5. The smallest absolute Gasteiger partial charge is 0.261 e. The van der Waals surface area contributed by atoms with Crippen molar-refractivity contribution in [1.29, 1.82) is 0 Å². The molecule has 12 aromatic rings. The van der Waals surface area contributed by atoms with Crippen LogP contribution in [0, 0.1) is 55.7 Å². The third kappa shape index (κ3) is 15.9. The van der Waals surface area contributed by atoms with Gasteiger partial charge in [-0.1, -0.05) is 6.92 Å². The predicted octanol–water partition coefficient (Wildman–Crippen LogP) is 16.0. The van der Waals surface area contributed by atoms with Crippen LogP contribution < -0.4 is 50.2 Å². The highest BCUT2D eigenvalue weighted by atomic mass is 19.1. The van der Waals surface area contributed by atoms with E-state index in [1.807, 2.05) is 128 Å². The first-order valence-electron chi connectivity index (χ1n) is 35.4. The van der Waals surface area contributed by atoms with E-state index in [1.54, 1.807) is 36.4 Å². The highest BCUT2D eigenvalue weighted by Gasteiger charge is 2.25. The SMILES string of the molecule is CCN1CCN(c2ccc(Nc3ncnc(Oc4ccc5c(cc(C)n5CC)c4F)c3F)cc2)CC1.CCn1c(C)cc2c(F)c(Oc3ncnc(Nc4ccc(N5CCN(C)CC5)cc4)c3F)ccc21.CCn1c(C)cc2c(F)c(Oc3ncnc(Nc4ccc(N5CCNCC5)cc4)c3F)ccc21. The number of rotatable bonds is 19. The Balaban J connectivity index is 0.000000140. The van der Waals surface area contributed by atoms with Crippen molar-refractivity contribution in [3.05, 3.63) is 198 Å². The van der Waals surface area contributed by atoms with Crippen LogP contribution in [-0.4, -0.2) is 146 Å². The summed E-state index contributed by atoms with van der Waals surface area (Å²) in [4.78, 5) is 35.4. The Bertz CT molecular complexity index is 5020. The Kier molecular flexibility index (Phi) is 22.2. The number of nitrogens with one attached hydrogen (secondary N) is 4. The van der Waals surface area contributed by atoms with Gasteiger partial charge in [0.05, 0.1) is 16.6 Å². The number of nitrogens with zero attached hydrogens (tertiary/aromatic N) is 14. The summed E-state index contributed by atoms with van der Waals surface area (Å²) < 4.78 is 114. The second-order valence-electron chi connectivity index (χ2n) is 25.8. The standard InChI is InChI=1S/C27H30F2N6O.C26H28F2N6O.C25H26F2N6O/c1-4-33-12-14-34(15-13-33)20-8-6-19(7-9-20)32-26-25(29)27(31-17-30-26)36-23-11-10-22-21(24(23)28)16-18(3)35(22)5-2;1-4-34-17(2)15-20-21(34)9-10-22(23(20)27)35-26-24(28)25(29-16-30-26)31-18-5-7-19(8-6-18)33-13-11-32(3)12-14-33;1-3-33-16(2)14-19-20(33)8-9-21(22(19)26)34-25-23(27)24(29-15-30-25)31-17-4-6-18(7-5-17)32-12-10-28-11-13-32/h6-11,16-17H,4-5,12-15H2,1-3H3,(H,30,31,32);5-10,15-16H,4,11-14H2,1-3H3,(H,29,30,31);4-9,14-15,28H,3,10-13H2,1-2H3,(H,29,30,31). The van der Waals surface area contributed by atoms with Crippen molar-refractivity contribution < 1.29 is 40.6 Å². The van der Waals surface area contributed by atoms with Gasteiger partial charge in [-0.05, 0) is 183 Å². The van der Waals surface area contributed by atoms with E-state index in [4.69, 9.17) is 14.2 Å². The van der Waals surface area contributed by atoms with Gasteiger partial charge in [0.2, 0.25) is 17.5 Å². The molecule has 27 heteroatoms. The van der Waals surface area contributed by atoms with E-state index < -0.39 is 34.9 Å². The summed E-state index contributed by atoms with van der Waals surface area (Å²) >= 11 is 0. The zero-order valence-electron chi connectivity index (χ0n) is 59.9. The van der Waals surface area contributed by atoms with E-state index >= 15 is 26.3 Å². The van der Waals surface area contributed by atoms with Gasteiger partial charge < -0.3 is 73.7 Å². The molecule has 0 atom stereocenters. The summed E-state index contributed by atoms with van der Waals surface area (Å²) in [5.74, 6) is -5.48. The molecule has 21 nitrogen and oxygen atoms in total. The fourth-order valence-corrected chi connectivity index (χ4v) is 13.6. The molecule has 0 unspecified atom stereocenters. The van der Waals surface area contributed by atoms with E-state index in [2.05, 4.69) is 89.6 Å². The fourth-order valence-electron chi connectivity index (χ4n) is 13.6. The number of hydrogen-bond donors (Lipinski definition) is 4. The number of likely N-dealkylation sites (N-methyl/N-ethyl adjacent to an activating group) is 2. The van der Waals surface area contributed by atoms with Crippen LogP contribution in [0.3, 0.4) is 0 Å². The van der Waals surface area contributed by atoms with Crippen molar-refractivity contribution in [2.45, 2.75) is 68.1 Å². The van der Waals surface area contributed by atoms with Crippen molar-refractivity contribution >= 4 is 84.3 Å². The van der Waals surface area contributed by atoms with E-state index in [0.29, 0.717) is 33.2 Å². The molecule has 4 N–H and O–H groups in total. The second-order valence-corrected chi connectivity index (χ2v) is 25.8. The minimum Gasteiger partial charge on any atom is -0.433 e. The Hall–Kier alpha value is -11.2. The maximum absolute atomic E-state index is 15.2. The van der Waals surface area contributed by atoms with Gasteiger partial charge >= 0.3 is 0 Å². The molecule has 0 amide bonds. The van der Waals surface area contributed by atoms with Crippen LogP contribution in [0.1, 0.15) is 44.8 Å². The molecule has 3 aliphatic heterocycles. The van der Waals surface area contributed by atoms with Crippen LogP contribution >= 0.6 is 0 Å². The first-order valence-corrected chi connectivity index (χ1v) is 35.4. The van der Waals surface area contributed by atoms with Crippen LogP contribution in [0.5, 0.6) is 34.9 Å². The monoisotopic (exact) mass is 1430 g/mol. The van der Waals surface area contributed by atoms with Gasteiger partial charge in [0.15, 0.2) is 52.2 Å². The molecule has 15 rings (SSSR count). The van der Waals surface area contributed by atoms with E-state index in [0.717, 1.165) is 155 Å². The Morgan fingerprint density at radius 1 is 0.362 bits per heavy atom. The molecule has 0 spiro atoms. The van der Waals surface area contributed by atoms with Crippen LogP contribution in [0.15, 0.2) is 146 Å². The number of halogens is 6. The first kappa shape index (κ1) is 72.2. The van der Waals surface area contributed by atoms with Crippen LogP contribution in [-0.2, 0) is 19.6 Å². The van der Waals surface area contributed by atoms with Gasteiger partial charge in [-0.3, -0.25) is 0 Å². The average Bonchev–Trinajstić information content (AvgIpc) is 1.67. The van der Waals surface area contributed by atoms with Crippen LogP contribution in [0.2, 0.25) is 0 Å². The zero-order chi connectivity index (χ0) is 73.4. The van der Waals surface area contributed by atoms with Gasteiger partial charge in [0.1, 0.15) is 19.0 Å². The molecule has 105 heavy (non-hydrogen) atoms. The minimum atomic E-state index is -0.796. The summed E-state index contributed by atoms with van der Waals surface area (Å²) in [7, 11) is 2.12. The maximum atomic E-state index is 15.2. The van der Waals surface area contributed by atoms with Gasteiger partial charge in [-0.15, -0.1) is 0 Å². The number of ether oxygens (including phenoxy) is 3. The van der Waals surface area contributed by atoms with Gasteiger partial charge in [0, 0.05) is 166 Å². The maximum Gasteiger partial charge on any atom is 0.261 e. The Morgan fingerprint density at radius 3 is 0.971 bits per heavy atom. The number of benzene rings is 6. The highest BCUT2D eigenvalue weighted by molar-refractivity contribution is 5.86. The molecule has 0 aliphatic carbocycles. The van der Waals surface area contributed by atoms with Gasteiger partial charge in [-0.25, -0.2) is 28.1 Å². The fraction of sp³-hybridized carbons (Fsp3) is 0.308. The topological polar surface area (TPSA) is 184 Å². The van der Waals surface area contributed by atoms with Crippen molar-refractivity contribution in [2.75, 3.05) is 123 Å². The molecule has 3 aliphatic rings. The molecule has 6 aromatic carbocycles. The Labute approximate surface area is 605 Å². The summed E-state index contributed by atoms with van der Waals surface area (Å²) in [6.45, 7) is 29.0. The quantitative estimate of drug-likeness (QED) is 0.0560. The number of hydrogen-bond acceptors (Lipinski definition) is 18. The zero-order valence-corrected chi connectivity index (χ0v) is 59.9. The number of anilines is 9. The second kappa shape index (κ2) is 32.2. The summed E-state index contributed by atoms with van der Waals surface area (Å²) in [6, 6.07) is 38.3. The van der Waals surface area contributed by atoms with E-state index in [-0.39, 0.29) is 52.3 Å². The van der Waals surface area contributed by atoms with Crippen LogP contribution in [0.4, 0.5) is 77.9 Å². The largest absolute Gasteiger partial charge is 0.433 e. The molecular formula is C78H84F6N18O3. The van der Waals surface area contributed by atoms with E-state index in [9.17, 15) is 0 Å². The normalized spacial score (nSPS) is 14.3. The molecule has 3 saturated heterocycles. The molecule has 0 radical (unpaired) electrons. The van der Waals surface area contributed by atoms with Crippen molar-refractivity contribution in [1.82, 2.24) is 58.7 Å². The number of aromatic nitrogens is 9. The molecule has 546 valence electrons. The summed E-state index contributed by atoms with van der Waals surface area (Å²) in [6.07, 6.45) is 3.56. The molecule has 9 heterocycles. The van der Waals surface area contributed by atoms with Crippen molar-refractivity contribution in [2.24, 2.45) is 0 Å². The lowest BCUT2D eigenvalue weighted by Gasteiger charge is -2.35. The third-order valence-electron chi connectivity index (χ3n) is 19.3. The molecule has 0 bridgehead atoms.